The molecule has 0 aliphatic rings. The van der Waals surface area contributed by atoms with Crippen molar-refractivity contribution in [3.63, 3.8) is 0 Å². The van der Waals surface area contributed by atoms with Gasteiger partial charge in [-0.15, -0.1) is 12.4 Å². The van der Waals surface area contributed by atoms with Gasteiger partial charge >= 0.3 is 0 Å². The molecule has 0 aliphatic carbocycles. The molecule has 1 unspecified atom stereocenters. The molecule has 18 heavy (non-hydrogen) atoms. The van der Waals surface area contributed by atoms with Crippen molar-refractivity contribution in [2.24, 2.45) is 17.1 Å². The molecule has 3 N–H and O–H groups in total. The molecule has 2 atom stereocenters. The average molecular weight is 280 g/mol. The highest BCUT2D eigenvalue weighted by Crippen LogP contribution is 2.19. The number of nitrogens with one attached hydrogen (secondary N) is 1. The number of hydrogen-bond donors (Lipinski definition) is 2. The highest BCUT2D eigenvalue weighted by molar-refractivity contribution is 5.85. The van der Waals surface area contributed by atoms with Crippen molar-refractivity contribution >= 4 is 24.2 Å². The second-order valence-electron chi connectivity index (χ2n) is 5.58. The van der Waals surface area contributed by atoms with E-state index in [1.54, 1.807) is 21.0 Å². The monoisotopic (exact) mass is 279 g/mol. The fraction of sp³-hybridized carbons (Fsp3) is 0.833. The van der Waals surface area contributed by atoms with Gasteiger partial charge in [-0.2, -0.15) is 0 Å². The lowest BCUT2D eigenvalue weighted by Gasteiger charge is -2.30. The zero-order valence-corrected chi connectivity index (χ0v) is 12.9. The van der Waals surface area contributed by atoms with Gasteiger partial charge in [-0.25, -0.2) is 0 Å². The Morgan fingerprint density at radius 1 is 1.33 bits per heavy atom. The van der Waals surface area contributed by atoms with Gasteiger partial charge in [0.15, 0.2) is 0 Å². The molecular weight excluding hydrogens is 254 g/mol. The second kappa shape index (κ2) is 7.59. The van der Waals surface area contributed by atoms with Crippen LogP contribution in [0, 0.1) is 11.3 Å². The maximum atomic E-state index is 12.0. The molecule has 0 bridgehead atoms. The lowest BCUT2D eigenvalue weighted by molar-refractivity contribution is -0.135. The number of amides is 2. The second-order valence-corrected chi connectivity index (χ2v) is 5.58. The molecule has 2 amide bonds. The van der Waals surface area contributed by atoms with Gasteiger partial charge in [0, 0.05) is 20.6 Å². The van der Waals surface area contributed by atoms with Crippen LogP contribution in [0.3, 0.4) is 0 Å². The Kier molecular flexibility index (Phi) is 8.23. The minimum Gasteiger partial charge on any atom is -0.359 e. The van der Waals surface area contributed by atoms with E-state index in [0.29, 0.717) is 6.54 Å². The van der Waals surface area contributed by atoms with Crippen molar-refractivity contribution < 1.29 is 9.59 Å². The standard InChI is InChI=1S/C12H25N3O2.ClH/c1-8(10(16)14-5)7-15(6)11(17)9(13)12(2,3)4;/h8-9H,7,13H2,1-6H3,(H,14,16);1H/t8?,9-;/m1./s1. The van der Waals surface area contributed by atoms with Crippen LogP contribution in [0.25, 0.3) is 0 Å². The summed E-state index contributed by atoms with van der Waals surface area (Å²) in [6.45, 7) is 7.93. The fourth-order valence-electron chi connectivity index (χ4n) is 1.44. The van der Waals surface area contributed by atoms with E-state index in [0.717, 1.165) is 0 Å². The van der Waals surface area contributed by atoms with Crippen LogP contribution in [0.1, 0.15) is 27.7 Å². The number of hydrogen-bond acceptors (Lipinski definition) is 3. The molecule has 0 saturated carbocycles. The highest BCUT2D eigenvalue weighted by Gasteiger charge is 2.30. The first-order valence-corrected chi connectivity index (χ1v) is 5.83. The van der Waals surface area contributed by atoms with Gasteiger partial charge in [0.1, 0.15) is 0 Å². The summed E-state index contributed by atoms with van der Waals surface area (Å²) in [5, 5.41) is 2.56. The van der Waals surface area contributed by atoms with Crippen LogP contribution in [-0.2, 0) is 9.59 Å². The van der Waals surface area contributed by atoms with E-state index >= 15 is 0 Å². The smallest absolute Gasteiger partial charge is 0.239 e. The Bertz CT molecular complexity index is 290. The predicted octanol–water partition coefficient (Wildman–Crippen LogP) is 0.622. The van der Waals surface area contributed by atoms with Crippen molar-refractivity contribution in [1.82, 2.24) is 10.2 Å². The number of carbonyl (C=O) groups excluding carboxylic acids is 2. The average Bonchev–Trinajstić information content (AvgIpc) is 2.24. The van der Waals surface area contributed by atoms with Crippen LogP contribution in [0.15, 0.2) is 0 Å². The van der Waals surface area contributed by atoms with Crippen molar-refractivity contribution in [1.29, 1.82) is 0 Å². The minimum atomic E-state index is -0.551. The Morgan fingerprint density at radius 3 is 2.11 bits per heavy atom. The molecule has 0 aromatic carbocycles. The highest BCUT2D eigenvalue weighted by atomic mass is 35.5. The van der Waals surface area contributed by atoms with E-state index in [9.17, 15) is 9.59 Å². The maximum absolute atomic E-state index is 12.0. The van der Waals surface area contributed by atoms with E-state index in [2.05, 4.69) is 5.32 Å². The summed E-state index contributed by atoms with van der Waals surface area (Å²) in [5.41, 5.74) is 5.61. The van der Waals surface area contributed by atoms with Crippen LogP contribution in [-0.4, -0.2) is 43.4 Å². The molecule has 0 fully saturated rings. The SMILES string of the molecule is CNC(=O)C(C)CN(C)C(=O)[C@@H](N)C(C)(C)C.Cl. The first kappa shape index (κ1) is 19.5. The first-order valence-electron chi connectivity index (χ1n) is 5.83. The molecule has 108 valence electrons. The van der Waals surface area contributed by atoms with E-state index in [1.807, 2.05) is 20.8 Å². The number of nitrogens with zero attached hydrogens (tertiary/aromatic N) is 1. The Balaban J connectivity index is 0. The molecule has 0 saturated heterocycles. The predicted molar refractivity (Wildman–Crippen MR) is 75.5 cm³/mol. The summed E-state index contributed by atoms with van der Waals surface area (Å²) < 4.78 is 0. The topological polar surface area (TPSA) is 75.4 Å². The number of nitrogens with two attached hydrogens (primary N) is 1. The van der Waals surface area contributed by atoms with Gasteiger partial charge in [-0.1, -0.05) is 27.7 Å². The maximum Gasteiger partial charge on any atom is 0.239 e. The van der Waals surface area contributed by atoms with E-state index < -0.39 is 6.04 Å². The Morgan fingerprint density at radius 2 is 1.78 bits per heavy atom. The van der Waals surface area contributed by atoms with Gasteiger partial charge in [-0.05, 0) is 5.41 Å². The van der Waals surface area contributed by atoms with Gasteiger partial charge in [0.2, 0.25) is 11.8 Å². The van der Waals surface area contributed by atoms with Crippen LogP contribution < -0.4 is 11.1 Å². The van der Waals surface area contributed by atoms with Gasteiger partial charge in [0.05, 0.1) is 12.0 Å². The molecule has 6 heteroatoms. The largest absolute Gasteiger partial charge is 0.359 e. The Hall–Kier alpha value is -0.810. The lowest BCUT2D eigenvalue weighted by atomic mass is 9.86. The molecule has 0 spiro atoms. The van der Waals surface area contributed by atoms with E-state index in [-0.39, 0.29) is 35.6 Å². The summed E-state index contributed by atoms with van der Waals surface area (Å²) in [6.07, 6.45) is 0. The third-order valence-corrected chi connectivity index (χ3v) is 2.82. The molecule has 0 rings (SSSR count). The van der Waals surface area contributed by atoms with Gasteiger partial charge < -0.3 is 16.0 Å². The molecular formula is C12H26ClN3O2. The minimum absolute atomic E-state index is 0. The van der Waals surface area contributed by atoms with Crippen molar-refractivity contribution in [2.75, 3.05) is 20.6 Å². The molecule has 5 nitrogen and oxygen atoms in total. The molecule has 0 aromatic rings. The summed E-state index contributed by atoms with van der Waals surface area (Å²) in [7, 11) is 3.26. The third-order valence-electron chi connectivity index (χ3n) is 2.82. The van der Waals surface area contributed by atoms with Crippen LogP contribution in [0.4, 0.5) is 0 Å². The van der Waals surface area contributed by atoms with E-state index in [4.69, 9.17) is 5.73 Å². The zero-order chi connectivity index (χ0) is 13.8. The third kappa shape index (κ3) is 5.69. The van der Waals surface area contributed by atoms with Crippen molar-refractivity contribution in [3.8, 4) is 0 Å². The first-order chi connectivity index (χ1) is 7.61. The van der Waals surface area contributed by atoms with E-state index in [1.165, 1.54) is 4.90 Å². The van der Waals surface area contributed by atoms with Crippen LogP contribution >= 0.6 is 12.4 Å². The number of rotatable bonds is 4. The van der Waals surface area contributed by atoms with Crippen molar-refractivity contribution in [2.45, 2.75) is 33.7 Å². The summed E-state index contributed by atoms with van der Waals surface area (Å²) in [4.78, 5) is 24.9. The summed E-state index contributed by atoms with van der Waals surface area (Å²) in [5.74, 6) is -0.441. The molecule has 0 aliphatic heterocycles. The lowest BCUT2D eigenvalue weighted by Crippen LogP contribution is -2.50. The fourth-order valence-corrected chi connectivity index (χ4v) is 1.44. The van der Waals surface area contributed by atoms with Gasteiger partial charge in [0.25, 0.3) is 0 Å². The molecule has 0 radical (unpaired) electrons. The summed E-state index contributed by atoms with van der Waals surface area (Å²) in [6, 6.07) is -0.551. The molecule has 0 heterocycles. The van der Waals surface area contributed by atoms with Gasteiger partial charge in [-0.3, -0.25) is 9.59 Å². The zero-order valence-electron chi connectivity index (χ0n) is 12.1. The molecule has 0 aromatic heterocycles. The number of halogens is 1. The van der Waals surface area contributed by atoms with Crippen LogP contribution in [0.2, 0.25) is 0 Å². The summed E-state index contributed by atoms with van der Waals surface area (Å²) >= 11 is 0. The van der Waals surface area contributed by atoms with Crippen LogP contribution in [0.5, 0.6) is 0 Å². The number of likely N-dealkylation sites (N-methyl/N-ethyl adjacent to an activating group) is 1. The quantitative estimate of drug-likeness (QED) is 0.792. The Labute approximate surface area is 116 Å². The van der Waals surface area contributed by atoms with Crippen molar-refractivity contribution in [3.05, 3.63) is 0 Å². The normalized spacial score (nSPS) is 14.2. The number of carbonyl (C=O) groups is 2.